The first-order valence-corrected chi connectivity index (χ1v) is 10.1. The summed E-state index contributed by atoms with van der Waals surface area (Å²) in [5.41, 5.74) is 3.36. The van der Waals surface area contributed by atoms with E-state index in [1.54, 1.807) is 13.2 Å². The van der Waals surface area contributed by atoms with Gasteiger partial charge in [-0.2, -0.15) is 0 Å². The van der Waals surface area contributed by atoms with Gasteiger partial charge in [-0.1, -0.05) is 36.4 Å². The average Bonchev–Trinajstić information content (AvgIpc) is 2.80. The molecule has 4 aromatic rings. The third-order valence-corrected chi connectivity index (χ3v) is 4.86. The summed E-state index contributed by atoms with van der Waals surface area (Å²) < 4.78 is 16.8. The molecular formula is C25H24ClN3O4. The number of rotatable bonds is 7. The standard InChI is InChI=1S/C25H23N3O4.ClH/c1-16-9-10-19(11-22(16)32-17(2)29)28-25-20-12-23(30-3)24(13-21(20)26-15-27-25)31-14-18-7-5-4-6-8-18;/h4-13,15H,14H2,1-3H3,(H,26,27,28);1H. The number of anilines is 2. The van der Waals surface area contributed by atoms with Crippen LogP contribution in [0.1, 0.15) is 18.1 Å². The van der Waals surface area contributed by atoms with E-state index in [1.807, 2.05) is 61.5 Å². The third kappa shape index (κ3) is 5.70. The number of aryl methyl sites for hydroxylation is 1. The summed E-state index contributed by atoms with van der Waals surface area (Å²) in [6.07, 6.45) is 1.49. The molecule has 0 aliphatic heterocycles. The number of ether oxygens (including phenoxy) is 3. The van der Waals surface area contributed by atoms with E-state index in [4.69, 9.17) is 14.2 Å². The molecule has 1 aromatic heterocycles. The van der Waals surface area contributed by atoms with Gasteiger partial charge in [-0.25, -0.2) is 9.97 Å². The predicted molar refractivity (Wildman–Crippen MR) is 130 cm³/mol. The monoisotopic (exact) mass is 465 g/mol. The van der Waals surface area contributed by atoms with Gasteiger partial charge in [-0.15, -0.1) is 12.4 Å². The van der Waals surface area contributed by atoms with Crippen LogP contribution in [0.4, 0.5) is 11.5 Å². The molecule has 0 saturated carbocycles. The Balaban J connectivity index is 0.00000306. The van der Waals surface area contributed by atoms with Gasteiger partial charge in [0, 0.05) is 30.1 Å². The fourth-order valence-corrected chi connectivity index (χ4v) is 3.25. The molecule has 1 heterocycles. The maximum Gasteiger partial charge on any atom is 0.308 e. The normalized spacial score (nSPS) is 10.3. The number of hydrogen-bond acceptors (Lipinski definition) is 7. The van der Waals surface area contributed by atoms with Crippen LogP contribution >= 0.6 is 12.4 Å². The van der Waals surface area contributed by atoms with Crippen molar-refractivity contribution in [3.8, 4) is 17.2 Å². The van der Waals surface area contributed by atoms with Crippen molar-refractivity contribution in [2.45, 2.75) is 20.5 Å². The molecule has 0 bridgehead atoms. The van der Waals surface area contributed by atoms with E-state index in [9.17, 15) is 4.79 Å². The smallest absolute Gasteiger partial charge is 0.308 e. The van der Waals surface area contributed by atoms with Crippen LogP contribution < -0.4 is 19.5 Å². The van der Waals surface area contributed by atoms with Crippen LogP contribution in [0.2, 0.25) is 0 Å². The van der Waals surface area contributed by atoms with Crippen LogP contribution in [-0.2, 0) is 11.4 Å². The Labute approximate surface area is 198 Å². The van der Waals surface area contributed by atoms with Gasteiger partial charge in [-0.05, 0) is 30.2 Å². The largest absolute Gasteiger partial charge is 0.493 e. The Bertz CT molecular complexity index is 1270. The second-order valence-corrected chi connectivity index (χ2v) is 7.22. The minimum Gasteiger partial charge on any atom is -0.493 e. The zero-order valence-corrected chi connectivity index (χ0v) is 19.3. The second kappa shape index (κ2) is 10.7. The Morgan fingerprint density at radius 3 is 2.48 bits per heavy atom. The molecule has 0 radical (unpaired) electrons. The van der Waals surface area contributed by atoms with E-state index in [1.165, 1.54) is 13.3 Å². The van der Waals surface area contributed by atoms with Crippen LogP contribution in [-0.4, -0.2) is 23.0 Å². The van der Waals surface area contributed by atoms with Crippen LogP contribution in [0.5, 0.6) is 17.2 Å². The predicted octanol–water partition coefficient (Wildman–Crippen LogP) is 5.62. The van der Waals surface area contributed by atoms with Crippen molar-refractivity contribution in [1.29, 1.82) is 0 Å². The van der Waals surface area contributed by atoms with E-state index in [-0.39, 0.29) is 18.4 Å². The molecule has 33 heavy (non-hydrogen) atoms. The summed E-state index contributed by atoms with van der Waals surface area (Å²) in [7, 11) is 1.60. The van der Waals surface area contributed by atoms with Crippen molar-refractivity contribution in [2.24, 2.45) is 0 Å². The number of benzene rings is 3. The molecule has 4 rings (SSSR count). The Kier molecular flexibility index (Phi) is 7.69. The zero-order chi connectivity index (χ0) is 22.5. The highest BCUT2D eigenvalue weighted by molar-refractivity contribution is 5.93. The van der Waals surface area contributed by atoms with E-state index in [0.29, 0.717) is 35.2 Å². The van der Waals surface area contributed by atoms with E-state index >= 15 is 0 Å². The fourth-order valence-electron chi connectivity index (χ4n) is 3.25. The summed E-state index contributed by atoms with van der Waals surface area (Å²) in [5.74, 6) is 1.90. The number of hydrogen-bond donors (Lipinski definition) is 1. The van der Waals surface area contributed by atoms with Crippen molar-refractivity contribution in [1.82, 2.24) is 9.97 Å². The number of carbonyl (C=O) groups excluding carboxylic acids is 1. The van der Waals surface area contributed by atoms with Crippen molar-refractivity contribution in [3.63, 3.8) is 0 Å². The Hall–Kier alpha value is -3.84. The molecule has 0 fully saturated rings. The summed E-state index contributed by atoms with van der Waals surface area (Å²) in [4.78, 5) is 20.1. The van der Waals surface area contributed by atoms with Gasteiger partial charge in [0.1, 0.15) is 24.5 Å². The molecule has 0 amide bonds. The molecule has 0 unspecified atom stereocenters. The molecular weight excluding hydrogens is 442 g/mol. The van der Waals surface area contributed by atoms with Crippen molar-refractivity contribution >= 4 is 40.8 Å². The molecule has 0 aliphatic carbocycles. The number of carbonyl (C=O) groups is 1. The van der Waals surface area contributed by atoms with Gasteiger partial charge in [-0.3, -0.25) is 4.79 Å². The lowest BCUT2D eigenvalue weighted by molar-refractivity contribution is -0.131. The van der Waals surface area contributed by atoms with Gasteiger partial charge in [0.25, 0.3) is 0 Å². The van der Waals surface area contributed by atoms with Crippen LogP contribution in [0.25, 0.3) is 10.9 Å². The first-order valence-electron chi connectivity index (χ1n) is 10.1. The van der Waals surface area contributed by atoms with Gasteiger partial charge in [0.2, 0.25) is 0 Å². The highest BCUT2D eigenvalue weighted by Gasteiger charge is 2.13. The Morgan fingerprint density at radius 2 is 1.76 bits per heavy atom. The number of nitrogens with one attached hydrogen (secondary N) is 1. The molecule has 0 aliphatic rings. The molecule has 8 heteroatoms. The van der Waals surface area contributed by atoms with E-state index in [2.05, 4.69) is 15.3 Å². The summed E-state index contributed by atoms with van der Waals surface area (Å²) in [6.45, 7) is 3.67. The first-order chi connectivity index (χ1) is 15.5. The molecule has 1 N–H and O–H groups in total. The molecule has 7 nitrogen and oxygen atoms in total. The maximum absolute atomic E-state index is 11.4. The van der Waals surface area contributed by atoms with Gasteiger partial charge >= 0.3 is 5.97 Å². The lowest BCUT2D eigenvalue weighted by atomic mass is 10.1. The van der Waals surface area contributed by atoms with E-state index in [0.717, 1.165) is 22.2 Å². The third-order valence-electron chi connectivity index (χ3n) is 4.86. The topological polar surface area (TPSA) is 82.6 Å². The number of nitrogens with zero attached hydrogens (tertiary/aromatic N) is 2. The van der Waals surface area contributed by atoms with Gasteiger partial charge in [0.15, 0.2) is 11.5 Å². The minimum absolute atomic E-state index is 0. The molecule has 3 aromatic carbocycles. The Morgan fingerprint density at radius 1 is 0.970 bits per heavy atom. The van der Waals surface area contributed by atoms with Crippen molar-refractivity contribution < 1.29 is 19.0 Å². The molecule has 0 spiro atoms. The summed E-state index contributed by atoms with van der Waals surface area (Å²) >= 11 is 0. The quantitative estimate of drug-likeness (QED) is 0.280. The van der Waals surface area contributed by atoms with Crippen LogP contribution in [0, 0.1) is 6.92 Å². The van der Waals surface area contributed by atoms with Crippen LogP contribution in [0.15, 0.2) is 67.0 Å². The number of esters is 1. The molecule has 0 atom stereocenters. The SMILES string of the molecule is COc1cc2c(Nc3ccc(C)c(OC(C)=O)c3)ncnc2cc1OCc1ccccc1.Cl. The lowest BCUT2D eigenvalue weighted by Crippen LogP contribution is -2.04. The second-order valence-electron chi connectivity index (χ2n) is 7.22. The molecule has 170 valence electrons. The van der Waals surface area contributed by atoms with Crippen molar-refractivity contribution in [3.05, 3.63) is 78.1 Å². The van der Waals surface area contributed by atoms with Gasteiger partial charge < -0.3 is 19.5 Å². The highest BCUT2D eigenvalue weighted by Crippen LogP contribution is 2.35. The van der Waals surface area contributed by atoms with Gasteiger partial charge in [0.05, 0.1) is 12.6 Å². The van der Waals surface area contributed by atoms with Crippen LogP contribution in [0.3, 0.4) is 0 Å². The average molecular weight is 466 g/mol. The summed E-state index contributed by atoms with van der Waals surface area (Å²) in [5, 5.41) is 4.05. The number of aromatic nitrogens is 2. The number of methoxy groups -OCH3 is 1. The lowest BCUT2D eigenvalue weighted by Gasteiger charge is -2.14. The fraction of sp³-hybridized carbons (Fsp3) is 0.160. The maximum atomic E-state index is 11.4. The number of halogens is 1. The number of fused-ring (bicyclic) bond motifs is 1. The highest BCUT2D eigenvalue weighted by atomic mass is 35.5. The minimum atomic E-state index is -0.370. The first kappa shape index (κ1) is 23.8. The summed E-state index contributed by atoms with van der Waals surface area (Å²) in [6, 6.07) is 19.1. The van der Waals surface area contributed by atoms with E-state index < -0.39 is 0 Å². The molecule has 0 saturated heterocycles. The van der Waals surface area contributed by atoms with Crippen molar-refractivity contribution in [2.75, 3.05) is 12.4 Å². The zero-order valence-electron chi connectivity index (χ0n) is 18.5.